The second kappa shape index (κ2) is 6.15. The summed E-state index contributed by atoms with van der Waals surface area (Å²) < 4.78 is 0. The Balaban J connectivity index is 1.99. The van der Waals surface area contributed by atoms with E-state index in [1.165, 1.54) is 19.4 Å². The van der Waals surface area contributed by atoms with Crippen LogP contribution in [-0.2, 0) is 0 Å². The number of carbonyl (C=O) groups is 1. The molecule has 0 saturated carbocycles. The highest BCUT2D eigenvalue weighted by atomic mass is 16.1. The number of nitrogens with zero attached hydrogens (tertiary/aromatic N) is 3. The molecule has 104 valence electrons. The summed E-state index contributed by atoms with van der Waals surface area (Å²) in [5, 5.41) is 0. The number of ketones is 1. The third-order valence-corrected chi connectivity index (χ3v) is 3.95. The van der Waals surface area contributed by atoms with Crippen molar-refractivity contribution < 1.29 is 4.79 Å². The van der Waals surface area contributed by atoms with E-state index >= 15 is 0 Å². The Morgan fingerprint density at radius 2 is 2.32 bits per heavy atom. The molecule has 0 aliphatic carbocycles. The molecule has 0 radical (unpaired) electrons. The molecule has 0 spiro atoms. The number of aromatic nitrogens is 1. The van der Waals surface area contributed by atoms with E-state index < -0.39 is 0 Å². The molecule has 1 fully saturated rings. The minimum Gasteiger partial charge on any atom is -0.372 e. The van der Waals surface area contributed by atoms with Crippen LogP contribution >= 0.6 is 0 Å². The maximum Gasteiger partial charge on any atom is 0.180 e. The molecule has 1 aromatic heterocycles. The summed E-state index contributed by atoms with van der Waals surface area (Å²) in [5.74, 6) is 0.102. The standard InChI is InChI=1S/C15H23N3O/c1-4-15(19)14-8-7-12(10-16-14)18(3)11-13-6-5-9-17(13)2/h7-8,10,13H,4-6,9,11H2,1-3H3. The molecule has 4 heteroatoms. The topological polar surface area (TPSA) is 36.4 Å². The molecule has 0 aromatic carbocycles. The summed E-state index contributed by atoms with van der Waals surface area (Å²) >= 11 is 0. The average molecular weight is 261 g/mol. The third kappa shape index (κ3) is 3.32. The molecule has 0 N–H and O–H groups in total. The Morgan fingerprint density at radius 3 is 2.84 bits per heavy atom. The van der Waals surface area contributed by atoms with Gasteiger partial charge in [-0.15, -0.1) is 0 Å². The van der Waals surface area contributed by atoms with Gasteiger partial charge in [0.15, 0.2) is 5.78 Å². The zero-order valence-corrected chi connectivity index (χ0v) is 12.1. The largest absolute Gasteiger partial charge is 0.372 e. The lowest BCUT2D eigenvalue weighted by Crippen LogP contribution is -2.36. The first kappa shape index (κ1) is 14.0. The van der Waals surface area contributed by atoms with Gasteiger partial charge >= 0.3 is 0 Å². The van der Waals surface area contributed by atoms with Gasteiger partial charge in [0, 0.05) is 26.1 Å². The van der Waals surface area contributed by atoms with Gasteiger partial charge in [0.2, 0.25) is 0 Å². The number of hydrogen-bond donors (Lipinski definition) is 0. The van der Waals surface area contributed by atoms with Crippen molar-refractivity contribution in [1.29, 1.82) is 0 Å². The fourth-order valence-electron chi connectivity index (χ4n) is 2.59. The van der Waals surface area contributed by atoms with Gasteiger partial charge in [-0.1, -0.05) is 6.92 Å². The number of pyridine rings is 1. The van der Waals surface area contributed by atoms with Crippen LogP contribution in [0.15, 0.2) is 18.3 Å². The number of likely N-dealkylation sites (tertiary alicyclic amines) is 1. The molecule has 1 saturated heterocycles. The summed E-state index contributed by atoms with van der Waals surface area (Å²) in [4.78, 5) is 20.4. The molecule has 19 heavy (non-hydrogen) atoms. The normalized spacial score (nSPS) is 19.6. The lowest BCUT2D eigenvalue weighted by molar-refractivity contribution is 0.0983. The SMILES string of the molecule is CCC(=O)c1ccc(N(C)CC2CCCN2C)cn1. The monoisotopic (exact) mass is 261 g/mol. The van der Waals surface area contributed by atoms with E-state index in [1.807, 2.05) is 19.1 Å². The Morgan fingerprint density at radius 1 is 1.53 bits per heavy atom. The predicted molar refractivity (Wildman–Crippen MR) is 77.8 cm³/mol. The fourth-order valence-corrected chi connectivity index (χ4v) is 2.59. The van der Waals surface area contributed by atoms with Crippen molar-refractivity contribution in [2.45, 2.75) is 32.2 Å². The molecule has 2 rings (SSSR count). The second-order valence-corrected chi connectivity index (χ2v) is 5.34. The summed E-state index contributed by atoms with van der Waals surface area (Å²) in [6, 6.07) is 4.45. The van der Waals surface area contributed by atoms with Crippen molar-refractivity contribution in [1.82, 2.24) is 9.88 Å². The minimum absolute atomic E-state index is 0.102. The molecular weight excluding hydrogens is 238 g/mol. The van der Waals surface area contributed by atoms with Crippen LogP contribution < -0.4 is 4.90 Å². The number of anilines is 1. The van der Waals surface area contributed by atoms with E-state index in [9.17, 15) is 4.79 Å². The number of hydrogen-bond acceptors (Lipinski definition) is 4. The molecule has 1 unspecified atom stereocenters. The Kier molecular flexibility index (Phi) is 4.53. The second-order valence-electron chi connectivity index (χ2n) is 5.34. The van der Waals surface area contributed by atoms with Crippen molar-refractivity contribution in [2.75, 3.05) is 32.1 Å². The predicted octanol–water partition coefficient (Wildman–Crippen LogP) is 2.20. The van der Waals surface area contributed by atoms with Crippen LogP contribution in [0.5, 0.6) is 0 Å². The minimum atomic E-state index is 0.102. The van der Waals surface area contributed by atoms with Crippen molar-refractivity contribution >= 4 is 11.5 Å². The van der Waals surface area contributed by atoms with E-state index in [-0.39, 0.29) is 5.78 Å². The van der Waals surface area contributed by atoms with Crippen LogP contribution in [0.25, 0.3) is 0 Å². The van der Waals surface area contributed by atoms with Crippen molar-refractivity contribution in [2.24, 2.45) is 0 Å². The first-order valence-electron chi connectivity index (χ1n) is 7.02. The van der Waals surface area contributed by atoms with Crippen LogP contribution in [0, 0.1) is 0 Å². The quantitative estimate of drug-likeness (QED) is 0.761. The molecule has 2 heterocycles. The van der Waals surface area contributed by atoms with Crippen LogP contribution in [0.4, 0.5) is 5.69 Å². The fraction of sp³-hybridized carbons (Fsp3) is 0.600. The van der Waals surface area contributed by atoms with Crippen molar-refractivity contribution in [3.8, 4) is 0 Å². The third-order valence-electron chi connectivity index (χ3n) is 3.95. The van der Waals surface area contributed by atoms with E-state index in [1.54, 1.807) is 6.20 Å². The molecule has 4 nitrogen and oxygen atoms in total. The molecule has 0 bridgehead atoms. The lowest BCUT2D eigenvalue weighted by atomic mass is 10.2. The Labute approximate surface area is 115 Å². The van der Waals surface area contributed by atoms with E-state index in [0.29, 0.717) is 18.2 Å². The van der Waals surface area contributed by atoms with Gasteiger partial charge in [-0.3, -0.25) is 9.78 Å². The van der Waals surface area contributed by atoms with Crippen LogP contribution in [0.1, 0.15) is 36.7 Å². The number of Topliss-reactive ketones (excluding diaryl/α,β-unsaturated/α-hetero) is 1. The number of likely N-dealkylation sites (N-methyl/N-ethyl adjacent to an activating group) is 2. The number of rotatable bonds is 5. The number of carbonyl (C=O) groups excluding carboxylic acids is 1. The first-order chi connectivity index (χ1) is 9.11. The molecule has 0 amide bonds. The summed E-state index contributed by atoms with van der Waals surface area (Å²) in [5.41, 5.74) is 1.64. The molecule has 1 atom stereocenters. The van der Waals surface area contributed by atoms with E-state index in [0.717, 1.165) is 12.2 Å². The highest BCUT2D eigenvalue weighted by Gasteiger charge is 2.22. The smallest absolute Gasteiger partial charge is 0.180 e. The maximum atomic E-state index is 11.5. The highest BCUT2D eigenvalue weighted by Crippen LogP contribution is 2.19. The van der Waals surface area contributed by atoms with Crippen molar-refractivity contribution in [3.05, 3.63) is 24.0 Å². The Hall–Kier alpha value is -1.42. The summed E-state index contributed by atoms with van der Waals surface area (Å²) in [6.07, 6.45) is 4.87. The molecule has 1 aliphatic heterocycles. The van der Waals surface area contributed by atoms with Gasteiger partial charge in [0.05, 0.1) is 11.9 Å². The molecule has 1 aromatic rings. The van der Waals surface area contributed by atoms with E-state index in [4.69, 9.17) is 0 Å². The van der Waals surface area contributed by atoms with Crippen LogP contribution in [0.3, 0.4) is 0 Å². The first-order valence-corrected chi connectivity index (χ1v) is 7.02. The molecular formula is C15H23N3O. The van der Waals surface area contributed by atoms with Gasteiger partial charge in [-0.2, -0.15) is 0 Å². The van der Waals surface area contributed by atoms with Gasteiger partial charge in [-0.05, 0) is 38.6 Å². The van der Waals surface area contributed by atoms with Gasteiger partial charge in [-0.25, -0.2) is 0 Å². The molecule has 1 aliphatic rings. The van der Waals surface area contributed by atoms with Gasteiger partial charge in [0.1, 0.15) is 5.69 Å². The zero-order valence-electron chi connectivity index (χ0n) is 12.1. The van der Waals surface area contributed by atoms with Gasteiger partial charge in [0.25, 0.3) is 0 Å². The highest BCUT2D eigenvalue weighted by molar-refractivity contribution is 5.94. The Bertz CT molecular complexity index is 430. The van der Waals surface area contributed by atoms with Gasteiger partial charge < -0.3 is 9.80 Å². The van der Waals surface area contributed by atoms with E-state index in [2.05, 4.69) is 28.9 Å². The summed E-state index contributed by atoms with van der Waals surface area (Å²) in [7, 11) is 4.28. The van der Waals surface area contributed by atoms with Crippen LogP contribution in [0.2, 0.25) is 0 Å². The van der Waals surface area contributed by atoms with Crippen molar-refractivity contribution in [3.63, 3.8) is 0 Å². The lowest BCUT2D eigenvalue weighted by Gasteiger charge is -2.27. The zero-order chi connectivity index (χ0) is 13.8. The maximum absolute atomic E-state index is 11.5. The van der Waals surface area contributed by atoms with Crippen LogP contribution in [-0.4, -0.2) is 48.9 Å². The average Bonchev–Trinajstić information content (AvgIpc) is 2.83. The summed E-state index contributed by atoms with van der Waals surface area (Å²) in [6.45, 7) is 4.07.